The fourth-order valence-electron chi connectivity index (χ4n) is 3.93. The topological polar surface area (TPSA) is 65.1 Å². The molecule has 3 aromatic rings. The number of nitrogens with zero attached hydrogens (tertiary/aromatic N) is 1. The number of hydrogen-bond donors (Lipinski definition) is 0. The molecule has 3 aromatic carbocycles. The predicted molar refractivity (Wildman–Crippen MR) is 123 cm³/mol. The van der Waals surface area contributed by atoms with E-state index in [0.717, 1.165) is 16.7 Å². The fraction of sp³-hybridized carbons (Fsp3) is 0.280. The fourth-order valence-corrected chi connectivity index (χ4v) is 5.37. The third kappa shape index (κ3) is 4.82. The first kappa shape index (κ1) is 23.1. The van der Waals surface area contributed by atoms with Crippen LogP contribution in [0.25, 0.3) is 0 Å². The molecule has 0 amide bonds. The Morgan fingerprint density at radius 3 is 2.21 bits per heavy atom. The Labute approximate surface area is 193 Å². The number of halogens is 1. The molecular weight excluding hydrogens is 445 g/mol. The molecule has 0 N–H and O–H groups in total. The van der Waals surface area contributed by atoms with E-state index in [0.29, 0.717) is 23.7 Å². The molecule has 4 rings (SSSR count). The van der Waals surface area contributed by atoms with Crippen LogP contribution in [0.1, 0.15) is 22.8 Å². The molecule has 0 bridgehead atoms. The summed E-state index contributed by atoms with van der Waals surface area (Å²) in [7, 11) is -0.649. The van der Waals surface area contributed by atoms with Crippen molar-refractivity contribution in [3.8, 4) is 17.2 Å². The van der Waals surface area contributed by atoms with E-state index in [-0.39, 0.29) is 23.8 Å². The summed E-state index contributed by atoms with van der Waals surface area (Å²) >= 11 is 0. The number of hydrogen-bond acceptors (Lipinski definition) is 5. The molecule has 0 aromatic heterocycles. The largest absolute Gasteiger partial charge is 0.493 e. The van der Waals surface area contributed by atoms with E-state index in [2.05, 4.69) is 0 Å². The maximum absolute atomic E-state index is 13.5. The summed E-state index contributed by atoms with van der Waals surface area (Å²) in [5.41, 5.74) is 2.69. The van der Waals surface area contributed by atoms with Crippen LogP contribution in [0.5, 0.6) is 17.2 Å². The van der Waals surface area contributed by atoms with E-state index in [1.165, 1.54) is 28.6 Å². The SMILES string of the molecule is COc1cc2c(cc1OC)C(Oc1ccc(F)cc1)CN(S(=O)(=O)c1ccc(C)cc1)CC2. The number of sulfonamides is 1. The van der Waals surface area contributed by atoms with Crippen molar-refractivity contribution in [1.29, 1.82) is 0 Å². The van der Waals surface area contributed by atoms with E-state index in [4.69, 9.17) is 14.2 Å². The molecule has 8 heteroatoms. The van der Waals surface area contributed by atoms with Crippen LogP contribution in [0.2, 0.25) is 0 Å². The highest BCUT2D eigenvalue weighted by atomic mass is 32.2. The molecule has 174 valence electrons. The van der Waals surface area contributed by atoms with Gasteiger partial charge in [0.15, 0.2) is 11.5 Å². The summed E-state index contributed by atoms with van der Waals surface area (Å²) in [5.74, 6) is 1.15. The van der Waals surface area contributed by atoms with Gasteiger partial charge in [-0.3, -0.25) is 0 Å². The minimum absolute atomic E-state index is 0.0933. The predicted octanol–water partition coefficient (Wildman–Crippen LogP) is 4.52. The van der Waals surface area contributed by atoms with Gasteiger partial charge in [0.05, 0.1) is 25.7 Å². The van der Waals surface area contributed by atoms with Gasteiger partial charge in [-0.2, -0.15) is 4.31 Å². The number of methoxy groups -OCH3 is 2. The van der Waals surface area contributed by atoms with Crippen LogP contribution in [0, 0.1) is 12.7 Å². The molecule has 1 aliphatic heterocycles. The van der Waals surface area contributed by atoms with Crippen LogP contribution in [0.15, 0.2) is 65.6 Å². The monoisotopic (exact) mass is 471 g/mol. The van der Waals surface area contributed by atoms with Gasteiger partial charge in [0, 0.05) is 12.1 Å². The summed E-state index contributed by atoms with van der Waals surface area (Å²) in [4.78, 5) is 0.231. The Bertz CT molecular complexity index is 1230. The van der Waals surface area contributed by atoms with Gasteiger partial charge in [0.1, 0.15) is 17.7 Å². The standard InChI is InChI=1S/C25H26FNO5S/c1-17-4-10-21(11-5-17)33(28,29)27-13-12-18-14-23(30-2)24(31-3)15-22(18)25(16-27)32-20-8-6-19(26)7-9-20/h4-11,14-15,25H,12-13,16H2,1-3H3. The van der Waals surface area contributed by atoms with E-state index in [9.17, 15) is 12.8 Å². The molecule has 6 nitrogen and oxygen atoms in total. The Hall–Kier alpha value is -3.10. The molecule has 1 heterocycles. The second-order valence-corrected chi connectivity index (χ2v) is 9.83. The number of ether oxygens (including phenoxy) is 3. The lowest BCUT2D eigenvalue weighted by Crippen LogP contribution is -2.36. The molecule has 0 saturated heterocycles. The van der Waals surface area contributed by atoms with Crippen LogP contribution < -0.4 is 14.2 Å². The maximum Gasteiger partial charge on any atom is 0.243 e. The van der Waals surface area contributed by atoms with Crippen molar-refractivity contribution in [1.82, 2.24) is 4.31 Å². The summed E-state index contributed by atoms with van der Waals surface area (Å²) < 4.78 is 58.9. The van der Waals surface area contributed by atoms with Gasteiger partial charge in [0.25, 0.3) is 0 Å². The molecule has 0 saturated carbocycles. The Morgan fingerprint density at radius 2 is 1.58 bits per heavy atom. The first-order valence-electron chi connectivity index (χ1n) is 10.6. The van der Waals surface area contributed by atoms with Gasteiger partial charge in [0.2, 0.25) is 10.0 Å². The molecule has 0 radical (unpaired) electrons. The number of fused-ring (bicyclic) bond motifs is 1. The smallest absolute Gasteiger partial charge is 0.243 e. The van der Waals surface area contributed by atoms with E-state index < -0.39 is 16.1 Å². The highest BCUT2D eigenvalue weighted by molar-refractivity contribution is 7.89. The average molecular weight is 472 g/mol. The average Bonchev–Trinajstić information content (AvgIpc) is 2.99. The first-order chi connectivity index (χ1) is 15.8. The number of benzene rings is 3. The van der Waals surface area contributed by atoms with Gasteiger partial charge in [-0.05, 0) is 67.4 Å². The van der Waals surface area contributed by atoms with Crippen LogP contribution >= 0.6 is 0 Å². The first-order valence-corrected chi connectivity index (χ1v) is 12.0. The van der Waals surface area contributed by atoms with Crippen molar-refractivity contribution >= 4 is 10.0 Å². The molecule has 0 fully saturated rings. The van der Waals surface area contributed by atoms with E-state index in [1.54, 1.807) is 38.5 Å². The molecule has 33 heavy (non-hydrogen) atoms. The maximum atomic E-state index is 13.5. The summed E-state index contributed by atoms with van der Waals surface area (Å²) in [6.45, 7) is 2.28. The number of aryl methyl sites for hydroxylation is 1. The normalized spacial score (nSPS) is 16.5. The van der Waals surface area contributed by atoms with Gasteiger partial charge in [-0.15, -0.1) is 0 Å². The van der Waals surface area contributed by atoms with Crippen LogP contribution in [0.3, 0.4) is 0 Å². The minimum Gasteiger partial charge on any atom is -0.493 e. The van der Waals surface area contributed by atoms with E-state index in [1.807, 2.05) is 19.1 Å². The second kappa shape index (κ2) is 9.41. The zero-order chi connectivity index (χ0) is 23.6. The quantitative estimate of drug-likeness (QED) is 0.529. The third-order valence-electron chi connectivity index (χ3n) is 5.74. The third-order valence-corrected chi connectivity index (χ3v) is 7.62. The van der Waals surface area contributed by atoms with Crippen LogP contribution in [-0.2, 0) is 16.4 Å². The van der Waals surface area contributed by atoms with Gasteiger partial charge in [-0.1, -0.05) is 17.7 Å². The molecule has 0 spiro atoms. The lowest BCUT2D eigenvalue weighted by atomic mass is 10.00. The lowest BCUT2D eigenvalue weighted by molar-refractivity contribution is 0.177. The van der Waals surface area contributed by atoms with Gasteiger partial charge >= 0.3 is 0 Å². The van der Waals surface area contributed by atoms with Crippen LogP contribution in [-0.4, -0.2) is 40.0 Å². The highest BCUT2D eigenvalue weighted by Gasteiger charge is 2.33. The summed E-state index contributed by atoms with van der Waals surface area (Å²) in [6, 6.07) is 16.1. The van der Waals surface area contributed by atoms with Crippen molar-refractivity contribution in [2.75, 3.05) is 27.3 Å². The minimum atomic E-state index is -3.75. The lowest BCUT2D eigenvalue weighted by Gasteiger charge is -2.26. The second-order valence-electron chi connectivity index (χ2n) is 7.89. The highest BCUT2D eigenvalue weighted by Crippen LogP contribution is 2.38. The van der Waals surface area contributed by atoms with Gasteiger partial charge < -0.3 is 14.2 Å². The zero-order valence-electron chi connectivity index (χ0n) is 18.7. The molecule has 1 atom stereocenters. The van der Waals surface area contributed by atoms with Gasteiger partial charge in [-0.25, -0.2) is 12.8 Å². The van der Waals surface area contributed by atoms with Crippen molar-refractivity contribution in [3.63, 3.8) is 0 Å². The van der Waals surface area contributed by atoms with Crippen LogP contribution in [0.4, 0.5) is 4.39 Å². The van der Waals surface area contributed by atoms with E-state index >= 15 is 0 Å². The number of rotatable bonds is 6. The Balaban J connectivity index is 1.75. The van der Waals surface area contributed by atoms with Crippen molar-refractivity contribution in [2.24, 2.45) is 0 Å². The summed E-state index contributed by atoms with van der Waals surface area (Å²) in [6.07, 6.45) is -0.155. The molecular formula is C25H26FNO5S. The molecule has 1 aliphatic rings. The summed E-state index contributed by atoms with van der Waals surface area (Å²) in [5, 5.41) is 0. The Kier molecular flexibility index (Phi) is 6.58. The zero-order valence-corrected chi connectivity index (χ0v) is 19.6. The Morgan fingerprint density at radius 1 is 0.939 bits per heavy atom. The molecule has 1 unspecified atom stereocenters. The molecule has 0 aliphatic carbocycles. The van der Waals surface area contributed by atoms with Crippen molar-refractivity contribution in [2.45, 2.75) is 24.3 Å². The van der Waals surface area contributed by atoms with Crippen molar-refractivity contribution < 1.29 is 27.0 Å². The van der Waals surface area contributed by atoms with Crippen molar-refractivity contribution in [3.05, 3.63) is 83.2 Å².